The molecule has 0 fully saturated rings. The fourth-order valence-corrected chi connectivity index (χ4v) is 1.53. The molecule has 2 heterocycles. The molecule has 0 atom stereocenters. The number of halogens is 1. The van der Waals surface area contributed by atoms with Crippen molar-refractivity contribution < 1.29 is 4.39 Å². The van der Waals surface area contributed by atoms with Crippen LogP contribution in [0, 0.1) is 5.82 Å². The predicted octanol–water partition coefficient (Wildman–Crippen LogP) is 0.271. The van der Waals surface area contributed by atoms with Crippen molar-refractivity contribution in [3.05, 3.63) is 30.2 Å². The summed E-state index contributed by atoms with van der Waals surface area (Å²) >= 11 is 0. The van der Waals surface area contributed by atoms with Gasteiger partial charge in [0.05, 0.1) is 12.7 Å². The SMILES string of the molecule is CN(Cc1nccn1C)c1nc(NN)ncc1F. The Labute approximate surface area is 103 Å². The second-order valence-corrected chi connectivity index (χ2v) is 3.82. The zero-order valence-corrected chi connectivity index (χ0v) is 10.1. The van der Waals surface area contributed by atoms with Crippen LogP contribution in [0.1, 0.15) is 5.82 Å². The number of hydrogen-bond donors (Lipinski definition) is 2. The highest BCUT2D eigenvalue weighted by atomic mass is 19.1. The number of nitrogens with two attached hydrogens (primary N) is 1. The average molecular weight is 251 g/mol. The molecule has 18 heavy (non-hydrogen) atoms. The topological polar surface area (TPSA) is 84.9 Å². The molecular formula is C10H14FN7. The summed E-state index contributed by atoms with van der Waals surface area (Å²) in [6.45, 7) is 0.432. The van der Waals surface area contributed by atoms with Crippen LogP contribution in [0.15, 0.2) is 18.6 Å². The van der Waals surface area contributed by atoms with Gasteiger partial charge in [-0.2, -0.15) is 4.98 Å². The molecule has 0 saturated heterocycles. The van der Waals surface area contributed by atoms with E-state index in [9.17, 15) is 4.39 Å². The lowest BCUT2D eigenvalue weighted by atomic mass is 10.4. The monoisotopic (exact) mass is 251 g/mol. The first kappa shape index (κ1) is 12.2. The lowest BCUT2D eigenvalue weighted by Gasteiger charge is -2.18. The van der Waals surface area contributed by atoms with E-state index in [2.05, 4.69) is 20.4 Å². The predicted molar refractivity (Wildman–Crippen MR) is 65.1 cm³/mol. The average Bonchev–Trinajstić information content (AvgIpc) is 2.75. The van der Waals surface area contributed by atoms with E-state index in [0.29, 0.717) is 6.54 Å². The smallest absolute Gasteiger partial charge is 0.239 e. The molecule has 0 amide bonds. The van der Waals surface area contributed by atoms with Crippen molar-refractivity contribution in [3.63, 3.8) is 0 Å². The zero-order chi connectivity index (χ0) is 13.1. The molecule has 0 aliphatic carbocycles. The van der Waals surface area contributed by atoms with Gasteiger partial charge in [0.2, 0.25) is 5.95 Å². The van der Waals surface area contributed by atoms with Crippen molar-refractivity contribution in [2.45, 2.75) is 6.54 Å². The number of anilines is 2. The second kappa shape index (κ2) is 4.96. The summed E-state index contributed by atoms with van der Waals surface area (Å²) in [4.78, 5) is 13.5. The molecule has 7 nitrogen and oxygen atoms in total. The van der Waals surface area contributed by atoms with Gasteiger partial charge in [-0.25, -0.2) is 20.2 Å². The van der Waals surface area contributed by atoms with E-state index in [4.69, 9.17) is 5.84 Å². The van der Waals surface area contributed by atoms with Crippen LogP contribution >= 0.6 is 0 Å². The Kier molecular flexibility index (Phi) is 3.38. The van der Waals surface area contributed by atoms with Crippen LogP contribution in [0.4, 0.5) is 16.2 Å². The van der Waals surface area contributed by atoms with Gasteiger partial charge < -0.3 is 9.47 Å². The maximum absolute atomic E-state index is 13.6. The third kappa shape index (κ3) is 2.38. The van der Waals surface area contributed by atoms with Crippen molar-refractivity contribution in [2.75, 3.05) is 17.4 Å². The minimum absolute atomic E-state index is 0.165. The summed E-state index contributed by atoms with van der Waals surface area (Å²) < 4.78 is 15.5. The van der Waals surface area contributed by atoms with Gasteiger partial charge in [0, 0.05) is 26.5 Å². The van der Waals surface area contributed by atoms with E-state index in [1.807, 2.05) is 17.8 Å². The molecule has 0 saturated carbocycles. The van der Waals surface area contributed by atoms with E-state index >= 15 is 0 Å². The molecule has 0 bridgehead atoms. The molecule has 8 heteroatoms. The third-order valence-electron chi connectivity index (χ3n) is 2.52. The summed E-state index contributed by atoms with van der Waals surface area (Å²) in [7, 11) is 3.60. The van der Waals surface area contributed by atoms with Crippen LogP contribution < -0.4 is 16.2 Å². The first-order chi connectivity index (χ1) is 8.61. The summed E-state index contributed by atoms with van der Waals surface area (Å²) in [6.07, 6.45) is 4.59. The maximum atomic E-state index is 13.6. The highest BCUT2D eigenvalue weighted by molar-refractivity contribution is 5.42. The Hall–Kier alpha value is -2.22. The molecule has 0 unspecified atom stereocenters. The van der Waals surface area contributed by atoms with Gasteiger partial charge in [0.25, 0.3) is 0 Å². The Bertz CT molecular complexity index is 539. The summed E-state index contributed by atoms with van der Waals surface area (Å²) in [5, 5.41) is 0. The molecule has 96 valence electrons. The number of aromatic nitrogens is 4. The lowest BCUT2D eigenvalue weighted by Crippen LogP contribution is -2.22. The zero-order valence-electron chi connectivity index (χ0n) is 10.1. The van der Waals surface area contributed by atoms with Crippen molar-refractivity contribution in [1.29, 1.82) is 0 Å². The fraction of sp³-hybridized carbons (Fsp3) is 0.300. The third-order valence-corrected chi connectivity index (χ3v) is 2.52. The Morgan fingerprint density at radius 3 is 2.89 bits per heavy atom. The number of nitrogens with one attached hydrogen (secondary N) is 1. The molecule has 2 aromatic rings. The van der Waals surface area contributed by atoms with E-state index in [0.717, 1.165) is 12.0 Å². The molecule has 0 aliphatic heterocycles. The van der Waals surface area contributed by atoms with E-state index in [1.165, 1.54) is 0 Å². The molecule has 2 rings (SSSR count). The normalized spacial score (nSPS) is 10.4. The summed E-state index contributed by atoms with van der Waals surface area (Å²) in [5.41, 5.74) is 2.28. The minimum Gasteiger partial charge on any atom is -0.350 e. The molecule has 0 aliphatic rings. The Morgan fingerprint density at radius 2 is 2.28 bits per heavy atom. The van der Waals surface area contributed by atoms with Crippen molar-refractivity contribution in [3.8, 4) is 0 Å². The minimum atomic E-state index is -0.509. The van der Waals surface area contributed by atoms with Crippen molar-refractivity contribution in [2.24, 2.45) is 12.9 Å². The highest BCUT2D eigenvalue weighted by Crippen LogP contribution is 2.17. The Balaban J connectivity index is 2.23. The second-order valence-electron chi connectivity index (χ2n) is 3.82. The molecule has 0 spiro atoms. The number of rotatable bonds is 4. The van der Waals surface area contributed by atoms with Crippen LogP contribution in [0.25, 0.3) is 0 Å². The highest BCUT2D eigenvalue weighted by Gasteiger charge is 2.13. The van der Waals surface area contributed by atoms with Crippen LogP contribution in [0.5, 0.6) is 0 Å². The quantitative estimate of drug-likeness (QED) is 0.599. The number of aryl methyl sites for hydroxylation is 1. The van der Waals surface area contributed by atoms with Gasteiger partial charge in [0.15, 0.2) is 11.6 Å². The van der Waals surface area contributed by atoms with Crippen LogP contribution in [-0.2, 0) is 13.6 Å². The van der Waals surface area contributed by atoms with E-state index < -0.39 is 5.82 Å². The fourth-order valence-electron chi connectivity index (χ4n) is 1.53. The largest absolute Gasteiger partial charge is 0.350 e. The molecule has 0 radical (unpaired) electrons. The van der Waals surface area contributed by atoms with E-state index in [-0.39, 0.29) is 11.8 Å². The number of nitrogen functional groups attached to an aromatic ring is 1. The molecular weight excluding hydrogens is 237 g/mol. The van der Waals surface area contributed by atoms with Gasteiger partial charge in [-0.15, -0.1) is 0 Å². The molecule has 0 aromatic carbocycles. The first-order valence-corrected chi connectivity index (χ1v) is 5.28. The van der Waals surface area contributed by atoms with Gasteiger partial charge >= 0.3 is 0 Å². The lowest BCUT2D eigenvalue weighted by molar-refractivity contribution is 0.604. The Morgan fingerprint density at radius 1 is 1.50 bits per heavy atom. The van der Waals surface area contributed by atoms with Gasteiger partial charge in [-0.1, -0.05) is 0 Å². The van der Waals surface area contributed by atoms with Crippen molar-refractivity contribution >= 4 is 11.8 Å². The van der Waals surface area contributed by atoms with Gasteiger partial charge in [-0.3, -0.25) is 5.43 Å². The summed E-state index contributed by atoms with van der Waals surface area (Å²) in [6, 6.07) is 0. The molecule has 2 aromatic heterocycles. The van der Waals surface area contributed by atoms with E-state index in [1.54, 1.807) is 18.1 Å². The maximum Gasteiger partial charge on any atom is 0.239 e. The van der Waals surface area contributed by atoms with Crippen LogP contribution in [0.2, 0.25) is 0 Å². The molecule has 3 N–H and O–H groups in total. The summed E-state index contributed by atoms with van der Waals surface area (Å²) in [5.74, 6) is 5.82. The number of hydrazine groups is 1. The van der Waals surface area contributed by atoms with Gasteiger partial charge in [0.1, 0.15) is 5.82 Å². The van der Waals surface area contributed by atoms with Crippen LogP contribution in [0.3, 0.4) is 0 Å². The van der Waals surface area contributed by atoms with Crippen molar-refractivity contribution in [1.82, 2.24) is 19.5 Å². The number of hydrogen-bond acceptors (Lipinski definition) is 6. The van der Waals surface area contributed by atoms with Gasteiger partial charge in [-0.05, 0) is 0 Å². The van der Waals surface area contributed by atoms with Crippen LogP contribution in [-0.4, -0.2) is 26.6 Å². The first-order valence-electron chi connectivity index (χ1n) is 5.28. The number of imidazole rings is 1. The number of nitrogens with zero attached hydrogens (tertiary/aromatic N) is 5. The standard InChI is InChI=1S/C10H14FN7/c1-17-4-3-13-8(17)6-18(2)9-7(11)5-14-10(15-9)16-12/h3-5H,6,12H2,1-2H3,(H,14,15,16).